The van der Waals surface area contributed by atoms with Crippen molar-refractivity contribution in [1.82, 2.24) is 15.1 Å². The molecule has 6 heteroatoms. The number of ether oxygens (including phenoxy) is 2. The van der Waals surface area contributed by atoms with Crippen molar-refractivity contribution in [2.75, 3.05) is 39.8 Å². The van der Waals surface area contributed by atoms with Crippen molar-refractivity contribution in [2.45, 2.75) is 39.3 Å². The van der Waals surface area contributed by atoms with Crippen LogP contribution in [0, 0.1) is 0 Å². The Morgan fingerprint density at radius 1 is 1.32 bits per heavy atom. The molecule has 0 unspecified atom stereocenters. The second kappa shape index (κ2) is 7.95. The molecule has 1 aromatic rings. The molecule has 0 spiro atoms. The van der Waals surface area contributed by atoms with Crippen LogP contribution in [-0.2, 0) is 13.0 Å². The Morgan fingerprint density at radius 2 is 2.16 bits per heavy atom. The predicted molar refractivity (Wildman–Crippen MR) is 97.3 cm³/mol. The molecule has 0 saturated carbocycles. The highest BCUT2D eigenvalue weighted by Crippen LogP contribution is 2.35. The molecule has 1 saturated heterocycles. The Kier molecular flexibility index (Phi) is 5.68. The van der Waals surface area contributed by atoms with Crippen LogP contribution in [0.1, 0.15) is 31.4 Å². The molecule has 0 aliphatic carbocycles. The third kappa shape index (κ3) is 4.37. The fraction of sp³-hybridized carbons (Fsp3) is 0.632. The lowest BCUT2D eigenvalue weighted by molar-refractivity contribution is 0.199. The van der Waals surface area contributed by atoms with E-state index in [2.05, 4.69) is 30.3 Å². The number of hydrogen-bond donors (Lipinski definition) is 1. The van der Waals surface area contributed by atoms with Gasteiger partial charge in [0.15, 0.2) is 0 Å². The summed E-state index contributed by atoms with van der Waals surface area (Å²) in [6, 6.07) is 4.07. The summed E-state index contributed by atoms with van der Waals surface area (Å²) in [5.74, 6) is 1.76. The largest absolute Gasteiger partial charge is 0.494 e. The van der Waals surface area contributed by atoms with Crippen LogP contribution in [0.25, 0.3) is 0 Å². The van der Waals surface area contributed by atoms with Gasteiger partial charge in [0.1, 0.15) is 17.6 Å². The van der Waals surface area contributed by atoms with E-state index in [1.54, 1.807) is 0 Å². The molecule has 1 fully saturated rings. The van der Waals surface area contributed by atoms with Gasteiger partial charge in [-0.2, -0.15) is 0 Å². The summed E-state index contributed by atoms with van der Waals surface area (Å²) >= 11 is 0. The number of fused-ring (bicyclic) bond motifs is 1. The van der Waals surface area contributed by atoms with Crippen molar-refractivity contribution in [3.8, 4) is 11.5 Å². The lowest BCUT2D eigenvalue weighted by Crippen LogP contribution is -2.41. The topological polar surface area (TPSA) is 54.0 Å². The van der Waals surface area contributed by atoms with Crippen LogP contribution >= 0.6 is 0 Å². The highest BCUT2D eigenvalue weighted by Gasteiger charge is 2.23. The molecule has 3 rings (SSSR count). The first-order valence-electron chi connectivity index (χ1n) is 9.23. The van der Waals surface area contributed by atoms with Gasteiger partial charge >= 0.3 is 6.03 Å². The van der Waals surface area contributed by atoms with E-state index in [9.17, 15) is 4.79 Å². The van der Waals surface area contributed by atoms with E-state index in [0.717, 1.165) is 56.1 Å². The molecule has 0 aromatic heterocycles. The first-order chi connectivity index (χ1) is 12.1. The number of hydrogen-bond acceptors (Lipinski definition) is 4. The van der Waals surface area contributed by atoms with Gasteiger partial charge in [0.25, 0.3) is 0 Å². The maximum atomic E-state index is 12.5. The summed E-state index contributed by atoms with van der Waals surface area (Å²) in [4.78, 5) is 16.7. The van der Waals surface area contributed by atoms with Crippen LogP contribution < -0.4 is 14.8 Å². The molecule has 25 heavy (non-hydrogen) atoms. The number of likely N-dealkylation sites (N-methyl/N-ethyl adjacent to an activating group) is 1. The fourth-order valence-corrected chi connectivity index (χ4v) is 3.44. The van der Waals surface area contributed by atoms with Gasteiger partial charge in [-0.25, -0.2) is 4.79 Å². The molecule has 0 bridgehead atoms. The lowest BCUT2D eigenvalue weighted by Gasteiger charge is -2.21. The molecule has 6 nitrogen and oxygen atoms in total. The highest BCUT2D eigenvalue weighted by atomic mass is 16.5. The number of urea groups is 1. The van der Waals surface area contributed by atoms with Crippen molar-refractivity contribution in [3.63, 3.8) is 0 Å². The van der Waals surface area contributed by atoms with E-state index in [-0.39, 0.29) is 12.1 Å². The fourth-order valence-electron chi connectivity index (χ4n) is 3.44. The van der Waals surface area contributed by atoms with Crippen LogP contribution in [0.4, 0.5) is 4.79 Å². The molecule has 1 N–H and O–H groups in total. The Balaban J connectivity index is 1.65. The SMILES string of the molecule is CCOc1cc2c(cc1CNC(=O)N1CCCN(C)CC1)O[C@@H](C)C2. The minimum Gasteiger partial charge on any atom is -0.494 e. The van der Waals surface area contributed by atoms with E-state index < -0.39 is 0 Å². The molecule has 138 valence electrons. The first kappa shape index (κ1) is 17.9. The zero-order valence-electron chi connectivity index (χ0n) is 15.5. The van der Waals surface area contributed by atoms with Crippen LogP contribution in [0.2, 0.25) is 0 Å². The summed E-state index contributed by atoms with van der Waals surface area (Å²) in [7, 11) is 2.10. The summed E-state index contributed by atoms with van der Waals surface area (Å²) in [6.07, 6.45) is 2.12. The highest BCUT2D eigenvalue weighted by molar-refractivity contribution is 5.74. The van der Waals surface area contributed by atoms with Gasteiger partial charge in [-0.15, -0.1) is 0 Å². The van der Waals surface area contributed by atoms with Gasteiger partial charge in [0.2, 0.25) is 0 Å². The van der Waals surface area contributed by atoms with Gasteiger partial charge in [0, 0.05) is 43.7 Å². The number of nitrogens with one attached hydrogen (secondary N) is 1. The smallest absolute Gasteiger partial charge is 0.317 e. The standard InChI is InChI=1S/C19H29N3O3/c1-4-24-17-11-15-10-14(2)25-18(15)12-16(17)13-20-19(23)22-7-5-6-21(3)8-9-22/h11-12,14H,4-10,13H2,1-3H3,(H,20,23)/t14-/m0/s1. The summed E-state index contributed by atoms with van der Waals surface area (Å²) in [5.41, 5.74) is 2.15. The first-order valence-corrected chi connectivity index (χ1v) is 9.23. The Labute approximate surface area is 150 Å². The van der Waals surface area contributed by atoms with Crippen molar-refractivity contribution in [2.24, 2.45) is 0 Å². The zero-order chi connectivity index (χ0) is 17.8. The second-order valence-corrected chi connectivity index (χ2v) is 6.94. The Bertz CT molecular complexity index is 620. The van der Waals surface area contributed by atoms with Gasteiger partial charge in [-0.3, -0.25) is 0 Å². The number of carbonyl (C=O) groups excluding carboxylic acids is 1. The quantitative estimate of drug-likeness (QED) is 0.908. The van der Waals surface area contributed by atoms with E-state index in [1.807, 2.05) is 17.9 Å². The third-order valence-electron chi connectivity index (χ3n) is 4.82. The third-order valence-corrected chi connectivity index (χ3v) is 4.82. The predicted octanol–water partition coefficient (Wildman–Crippen LogP) is 2.26. The molecule has 2 amide bonds. The van der Waals surface area contributed by atoms with Gasteiger partial charge < -0.3 is 24.6 Å². The Hall–Kier alpha value is -1.95. The number of amides is 2. The van der Waals surface area contributed by atoms with Crippen LogP contribution in [0.15, 0.2) is 12.1 Å². The molecule has 0 radical (unpaired) electrons. The molecular formula is C19H29N3O3. The van der Waals surface area contributed by atoms with Crippen molar-refractivity contribution >= 4 is 6.03 Å². The maximum absolute atomic E-state index is 12.5. The van der Waals surface area contributed by atoms with Gasteiger partial charge in [-0.05, 0) is 46.0 Å². The number of nitrogens with zero attached hydrogens (tertiary/aromatic N) is 2. The molecule has 2 aliphatic heterocycles. The van der Waals surface area contributed by atoms with Crippen LogP contribution in [0.5, 0.6) is 11.5 Å². The monoisotopic (exact) mass is 347 g/mol. The summed E-state index contributed by atoms with van der Waals surface area (Å²) in [6.45, 7) is 8.63. The number of rotatable bonds is 4. The van der Waals surface area contributed by atoms with Gasteiger partial charge in [-0.1, -0.05) is 0 Å². The van der Waals surface area contributed by atoms with Crippen LogP contribution in [-0.4, -0.2) is 61.8 Å². The molecular weight excluding hydrogens is 318 g/mol. The Morgan fingerprint density at radius 3 is 2.96 bits per heavy atom. The normalized spacial score (nSPS) is 20.6. The molecule has 2 heterocycles. The second-order valence-electron chi connectivity index (χ2n) is 6.94. The number of carbonyl (C=O) groups is 1. The van der Waals surface area contributed by atoms with E-state index in [0.29, 0.717) is 13.2 Å². The number of benzene rings is 1. The van der Waals surface area contributed by atoms with E-state index in [4.69, 9.17) is 9.47 Å². The minimum absolute atomic E-state index is 0.00691. The molecule has 1 atom stereocenters. The average molecular weight is 347 g/mol. The summed E-state index contributed by atoms with van der Waals surface area (Å²) < 4.78 is 11.6. The average Bonchev–Trinajstić information content (AvgIpc) is 2.79. The minimum atomic E-state index is -0.00691. The maximum Gasteiger partial charge on any atom is 0.317 e. The van der Waals surface area contributed by atoms with Crippen LogP contribution in [0.3, 0.4) is 0 Å². The molecule has 2 aliphatic rings. The van der Waals surface area contributed by atoms with E-state index in [1.165, 1.54) is 5.56 Å². The summed E-state index contributed by atoms with van der Waals surface area (Å²) in [5, 5.41) is 3.05. The van der Waals surface area contributed by atoms with Crippen molar-refractivity contribution in [1.29, 1.82) is 0 Å². The van der Waals surface area contributed by atoms with E-state index >= 15 is 0 Å². The van der Waals surface area contributed by atoms with Gasteiger partial charge in [0.05, 0.1) is 6.61 Å². The molecule has 1 aromatic carbocycles. The zero-order valence-corrected chi connectivity index (χ0v) is 15.5. The lowest BCUT2D eigenvalue weighted by atomic mass is 10.1. The van der Waals surface area contributed by atoms with Crippen molar-refractivity contribution in [3.05, 3.63) is 23.3 Å². The van der Waals surface area contributed by atoms with Crippen molar-refractivity contribution < 1.29 is 14.3 Å².